The topological polar surface area (TPSA) is 46.6 Å². The first-order valence-electron chi connectivity index (χ1n) is 6.22. The predicted molar refractivity (Wildman–Crippen MR) is 67.7 cm³/mol. The molecule has 1 aliphatic rings. The summed E-state index contributed by atoms with van der Waals surface area (Å²) in [6.07, 6.45) is 6.50. The number of fused-ring (bicyclic) bond motifs is 1. The average Bonchev–Trinajstić information content (AvgIpc) is 2.71. The van der Waals surface area contributed by atoms with Crippen molar-refractivity contribution in [2.75, 3.05) is 13.1 Å². The summed E-state index contributed by atoms with van der Waals surface area (Å²) < 4.78 is 2.07. The van der Waals surface area contributed by atoms with Gasteiger partial charge in [0, 0.05) is 31.5 Å². The maximum absolute atomic E-state index is 5.99. The molecule has 1 atom stereocenters. The van der Waals surface area contributed by atoms with Gasteiger partial charge in [0.05, 0.1) is 5.69 Å². The van der Waals surface area contributed by atoms with Crippen LogP contribution in [0.3, 0.4) is 0 Å². The standard InChI is InChI=1S/C13H18N4/c14-11-4-3-6-16(8-11)9-12-10-17-7-2-1-5-13(17)15-12/h1-2,5,7,10-11H,3-4,6,8-9,14H2/t11-/m0/s1. The SMILES string of the molecule is N[C@H]1CCCN(Cc2cn3ccccc3n2)C1. The molecule has 0 aromatic carbocycles. The van der Waals surface area contributed by atoms with E-state index in [1.807, 2.05) is 24.4 Å². The van der Waals surface area contributed by atoms with E-state index in [0.29, 0.717) is 6.04 Å². The summed E-state index contributed by atoms with van der Waals surface area (Å²) in [6.45, 7) is 3.05. The summed E-state index contributed by atoms with van der Waals surface area (Å²) >= 11 is 0. The quantitative estimate of drug-likeness (QED) is 0.844. The van der Waals surface area contributed by atoms with Crippen LogP contribution >= 0.6 is 0 Å². The van der Waals surface area contributed by atoms with Crippen LogP contribution < -0.4 is 5.73 Å². The van der Waals surface area contributed by atoms with Crippen LogP contribution in [0.1, 0.15) is 18.5 Å². The van der Waals surface area contributed by atoms with Crippen molar-refractivity contribution < 1.29 is 0 Å². The second-order valence-corrected chi connectivity index (χ2v) is 4.84. The lowest BCUT2D eigenvalue weighted by molar-refractivity contribution is 0.200. The van der Waals surface area contributed by atoms with E-state index in [-0.39, 0.29) is 0 Å². The van der Waals surface area contributed by atoms with Crippen molar-refractivity contribution in [1.29, 1.82) is 0 Å². The molecular weight excluding hydrogens is 212 g/mol. The molecule has 1 saturated heterocycles. The van der Waals surface area contributed by atoms with Gasteiger partial charge in [-0.3, -0.25) is 4.90 Å². The van der Waals surface area contributed by atoms with E-state index in [9.17, 15) is 0 Å². The lowest BCUT2D eigenvalue weighted by Gasteiger charge is -2.29. The fourth-order valence-electron chi connectivity index (χ4n) is 2.53. The van der Waals surface area contributed by atoms with Crippen LogP contribution in [0.2, 0.25) is 0 Å². The number of imidazole rings is 1. The molecule has 0 amide bonds. The van der Waals surface area contributed by atoms with Crippen molar-refractivity contribution in [1.82, 2.24) is 14.3 Å². The molecule has 4 heteroatoms. The number of nitrogens with zero attached hydrogens (tertiary/aromatic N) is 3. The smallest absolute Gasteiger partial charge is 0.137 e. The van der Waals surface area contributed by atoms with E-state index in [4.69, 9.17) is 5.73 Å². The Kier molecular flexibility index (Phi) is 2.82. The second-order valence-electron chi connectivity index (χ2n) is 4.84. The molecule has 0 spiro atoms. The van der Waals surface area contributed by atoms with Gasteiger partial charge in [-0.25, -0.2) is 4.98 Å². The Bertz CT molecular complexity index is 472. The summed E-state index contributed by atoms with van der Waals surface area (Å²) in [7, 11) is 0. The fraction of sp³-hybridized carbons (Fsp3) is 0.462. The highest BCUT2D eigenvalue weighted by Gasteiger charge is 2.17. The van der Waals surface area contributed by atoms with E-state index < -0.39 is 0 Å². The van der Waals surface area contributed by atoms with Crippen LogP contribution in [0.15, 0.2) is 30.6 Å². The number of aromatic nitrogens is 2. The Labute approximate surface area is 101 Å². The highest BCUT2D eigenvalue weighted by atomic mass is 15.2. The molecule has 2 aromatic rings. The van der Waals surface area contributed by atoms with Gasteiger partial charge in [-0.05, 0) is 31.5 Å². The minimum absolute atomic E-state index is 0.334. The summed E-state index contributed by atoms with van der Waals surface area (Å²) in [5, 5.41) is 0. The van der Waals surface area contributed by atoms with Gasteiger partial charge in [0.1, 0.15) is 5.65 Å². The van der Waals surface area contributed by atoms with Gasteiger partial charge in [-0.15, -0.1) is 0 Å². The fourth-order valence-corrected chi connectivity index (χ4v) is 2.53. The summed E-state index contributed by atoms with van der Waals surface area (Å²) in [5.41, 5.74) is 8.13. The monoisotopic (exact) mass is 230 g/mol. The molecule has 2 aromatic heterocycles. The Balaban J connectivity index is 1.75. The van der Waals surface area contributed by atoms with E-state index in [0.717, 1.165) is 37.4 Å². The van der Waals surface area contributed by atoms with Gasteiger partial charge in [0.15, 0.2) is 0 Å². The van der Waals surface area contributed by atoms with Crippen LogP contribution in [-0.2, 0) is 6.54 Å². The molecule has 4 nitrogen and oxygen atoms in total. The number of pyridine rings is 1. The molecule has 2 N–H and O–H groups in total. The normalized spacial score (nSPS) is 22.1. The first-order valence-corrected chi connectivity index (χ1v) is 6.22. The zero-order valence-electron chi connectivity index (χ0n) is 9.92. The van der Waals surface area contributed by atoms with Crippen LogP contribution in [0.5, 0.6) is 0 Å². The first-order chi connectivity index (χ1) is 8.31. The van der Waals surface area contributed by atoms with E-state index in [1.54, 1.807) is 0 Å². The first kappa shape index (κ1) is 10.7. The van der Waals surface area contributed by atoms with Crippen LogP contribution in [0.25, 0.3) is 5.65 Å². The highest BCUT2D eigenvalue weighted by molar-refractivity contribution is 5.39. The van der Waals surface area contributed by atoms with Crippen molar-refractivity contribution in [3.05, 3.63) is 36.3 Å². The molecule has 3 rings (SSSR count). The molecule has 0 saturated carbocycles. The predicted octanol–water partition coefficient (Wildman–Crippen LogP) is 1.26. The number of rotatable bonds is 2. The Hall–Kier alpha value is -1.39. The molecule has 0 aliphatic carbocycles. The van der Waals surface area contributed by atoms with Crippen molar-refractivity contribution in [2.24, 2.45) is 5.73 Å². The highest BCUT2D eigenvalue weighted by Crippen LogP contribution is 2.12. The van der Waals surface area contributed by atoms with Crippen molar-refractivity contribution in [3.63, 3.8) is 0 Å². The Morgan fingerprint density at radius 3 is 3.18 bits per heavy atom. The van der Waals surface area contributed by atoms with Crippen molar-refractivity contribution in [3.8, 4) is 0 Å². The number of hydrogen-bond donors (Lipinski definition) is 1. The van der Waals surface area contributed by atoms with E-state index in [2.05, 4.69) is 20.5 Å². The summed E-state index contributed by atoms with van der Waals surface area (Å²) in [6, 6.07) is 6.41. The molecule has 0 bridgehead atoms. The average molecular weight is 230 g/mol. The van der Waals surface area contributed by atoms with Gasteiger partial charge in [-0.2, -0.15) is 0 Å². The molecular formula is C13H18N4. The zero-order chi connectivity index (χ0) is 11.7. The summed E-state index contributed by atoms with van der Waals surface area (Å²) in [4.78, 5) is 7.01. The third-order valence-corrected chi connectivity index (χ3v) is 3.34. The zero-order valence-corrected chi connectivity index (χ0v) is 9.92. The molecule has 0 radical (unpaired) electrons. The second kappa shape index (κ2) is 4.47. The molecule has 17 heavy (non-hydrogen) atoms. The maximum Gasteiger partial charge on any atom is 0.137 e. The molecule has 0 unspecified atom stereocenters. The number of hydrogen-bond acceptors (Lipinski definition) is 3. The number of piperidine rings is 1. The number of nitrogens with two attached hydrogens (primary N) is 1. The number of likely N-dealkylation sites (tertiary alicyclic amines) is 1. The molecule has 3 heterocycles. The van der Waals surface area contributed by atoms with Crippen LogP contribution in [0, 0.1) is 0 Å². The van der Waals surface area contributed by atoms with E-state index >= 15 is 0 Å². The van der Waals surface area contributed by atoms with Gasteiger partial charge in [-0.1, -0.05) is 6.07 Å². The lowest BCUT2D eigenvalue weighted by atomic mass is 10.1. The van der Waals surface area contributed by atoms with Gasteiger partial charge in [0.2, 0.25) is 0 Å². The third-order valence-electron chi connectivity index (χ3n) is 3.34. The van der Waals surface area contributed by atoms with Gasteiger partial charge < -0.3 is 10.1 Å². The largest absolute Gasteiger partial charge is 0.327 e. The lowest BCUT2D eigenvalue weighted by Crippen LogP contribution is -2.42. The van der Waals surface area contributed by atoms with Crippen LogP contribution in [0.4, 0.5) is 0 Å². The van der Waals surface area contributed by atoms with E-state index in [1.165, 1.54) is 6.42 Å². The van der Waals surface area contributed by atoms with Crippen LogP contribution in [-0.4, -0.2) is 33.4 Å². The van der Waals surface area contributed by atoms with Gasteiger partial charge in [0.25, 0.3) is 0 Å². The summed E-state index contributed by atoms with van der Waals surface area (Å²) in [5.74, 6) is 0. The third kappa shape index (κ3) is 2.33. The molecule has 1 aliphatic heterocycles. The Morgan fingerprint density at radius 1 is 1.41 bits per heavy atom. The minimum atomic E-state index is 0.334. The maximum atomic E-state index is 5.99. The molecule has 1 fully saturated rings. The molecule has 90 valence electrons. The van der Waals surface area contributed by atoms with Crippen molar-refractivity contribution >= 4 is 5.65 Å². The van der Waals surface area contributed by atoms with Crippen molar-refractivity contribution in [2.45, 2.75) is 25.4 Å². The van der Waals surface area contributed by atoms with Gasteiger partial charge >= 0.3 is 0 Å². The minimum Gasteiger partial charge on any atom is -0.327 e. The Morgan fingerprint density at radius 2 is 2.35 bits per heavy atom.